The Morgan fingerprint density at radius 2 is 0.842 bits per heavy atom. The van der Waals surface area contributed by atoms with Gasteiger partial charge in [-0.3, -0.25) is 0 Å². The first-order valence-corrected chi connectivity index (χ1v) is 14.6. The minimum Gasteiger partial charge on any atom is -0.135 e. The zero-order valence-electron chi connectivity index (χ0n) is 20.4. The van der Waals surface area contributed by atoms with E-state index in [2.05, 4.69) is 121 Å². The molecular weight excluding hydrogens is 497 g/mol. The summed E-state index contributed by atoms with van der Waals surface area (Å²) in [7, 11) is 0. The summed E-state index contributed by atoms with van der Waals surface area (Å²) in [6.07, 6.45) is 0. The molecular formula is C36H20S2. The maximum absolute atomic E-state index is 2.42. The van der Waals surface area contributed by atoms with Gasteiger partial charge in [-0.25, -0.2) is 0 Å². The molecule has 0 radical (unpaired) electrons. The van der Waals surface area contributed by atoms with E-state index < -0.39 is 0 Å². The molecule has 38 heavy (non-hydrogen) atoms. The van der Waals surface area contributed by atoms with Crippen molar-refractivity contribution in [2.75, 3.05) is 0 Å². The van der Waals surface area contributed by atoms with Crippen LogP contribution in [0, 0.1) is 0 Å². The molecule has 0 fully saturated rings. The molecule has 9 rings (SSSR count). The van der Waals surface area contributed by atoms with E-state index in [1.54, 1.807) is 0 Å². The van der Waals surface area contributed by atoms with Crippen LogP contribution in [0.3, 0.4) is 0 Å². The molecule has 0 saturated heterocycles. The molecule has 0 aliphatic rings. The summed E-state index contributed by atoms with van der Waals surface area (Å²) in [5, 5.41) is 13.2. The van der Waals surface area contributed by atoms with Crippen molar-refractivity contribution < 1.29 is 0 Å². The topological polar surface area (TPSA) is 0 Å². The molecule has 2 heteroatoms. The Kier molecular flexibility index (Phi) is 4.18. The summed E-state index contributed by atoms with van der Waals surface area (Å²) >= 11 is 3.79. The third kappa shape index (κ3) is 2.90. The summed E-state index contributed by atoms with van der Waals surface area (Å²) in [6.45, 7) is 0. The first kappa shape index (κ1) is 20.8. The van der Waals surface area contributed by atoms with Gasteiger partial charge in [0.1, 0.15) is 0 Å². The van der Waals surface area contributed by atoms with Crippen LogP contribution in [0.5, 0.6) is 0 Å². The van der Waals surface area contributed by atoms with E-state index in [9.17, 15) is 0 Å². The SMILES string of the molecule is c1ccc2c(-c3ccc4sc5cc6cc7sc8ccccc8c7cc6cc5c4c3)c3ccccc3cc2c1. The van der Waals surface area contributed by atoms with Gasteiger partial charge in [-0.1, -0.05) is 72.8 Å². The molecule has 0 amide bonds. The molecule has 176 valence electrons. The zero-order chi connectivity index (χ0) is 24.8. The van der Waals surface area contributed by atoms with Gasteiger partial charge in [0.25, 0.3) is 0 Å². The Morgan fingerprint density at radius 1 is 0.316 bits per heavy atom. The number of rotatable bonds is 1. The molecule has 0 atom stereocenters. The quantitative estimate of drug-likeness (QED) is 0.190. The molecule has 7 aromatic carbocycles. The smallest absolute Gasteiger partial charge is 0.0361 e. The van der Waals surface area contributed by atoms with Crippen molar-refractivity contribution in [2.45, 2.75) is 0 Å². The van der Waals surface area contributed by atoms with E-state index in [4.69, 9.17) is 0 Å². The summed E-state index contributed by atoms with van der Waals surface area (Å²) in [4.78, 5) is 0. The summed E-state index contributed by atoms with van der Waals surface area (Å²) in [5.41, 5.74) is 2.61. The normalized spacial score (nSPS) is 12.2. The van der Waals surface area contributed by atoms with Crippen LogP contribution in [0.4, 0.5) is 0 Å². The zero-order valence-corrected chi connectivity index (χ0v) is 22.0. The monoisotopic (exact) mass is 516 g/mol. The average Bonchev–Trinajstić information content (AvgIpc) is 3.50. The van der Waals surface area contributed by atoms with Gasteiger partial charge in [-0.2, -0.15) is 0 Å². The molecule has 0 nitrogen and oxygen atoms in total. The second-order valence-electron chi connectivity index (χ2n) is 10.1. The van der Waals surface area contributed by atoms with Crippen molar-refractivity contribution in [3.8, 4) is 11.1 Å². The van der Waals surface area contributed by atoms with Gasteiger partial charge in [-0.05, 0) is 92.0 Å². The lowest BCUT2D eigenvalue weighted by Gasteiger charge is -2.12. The molecule has 0 bridgehead atoms. The third-order valence-electron chi connectivity index (χ3n) is 7.98. The van der Waals surface area contributed by atoms with Crippen molar-refractivity contribution in [1.82, 2.24) is 0 Å². The van der Waals surface area contributed by atoms with Crippen LogP contribution in [0.15, 0.2) is 121 Å². The number of hydrogen-bond acceptors (Lipinski definition) is 2. The van der Waals surface area contributed by atoms with Crippen LogP contribution in [0.1, 0.15) is 0 Å². The third-order valence-corrected chi connectivity index (χ3v) is 10.3. The lowest BCUT2D eigenvalue weighted by atomic mass is 9.91. The van der Waals surface area contributed by atoms with Gasteiger partial charge < -0.3 is 0 Å². The second-order valence-corrected chi connectivity index (χ2v) is 12.3. The van der Waals surface area contributed by atoms with Crippen LogP contribution in [0.2, 0.25) is 0 Å². The Bertz CT molecular complexity index is 2350. The fourth-order valence-corrected chi connectivity index (χ4v) is 8.48. The number of fused-ring (bicyclic) bond motifs is 9. The fraction of sp³-hybridized carbons (Fsp3) is 0. The molecule has 2 heterocycles. The minimum atomic E-state index is 1.28. The van der Waals surface area contributed by atoms with Crippen LogP contribution >= 0.6 is 22.7 Å². The fourth-order valence-electron chi connectivity index (χ4n) is 6.22. The molecule has 0 unspecified atom stereocenters. The van der Waals surface area contributed by atoms with E-state index in [1.165, 1.54) is 83.8 Å². The van der Waals surface area contributed by atoms with Crippen LogP contribution < -0.4 is 0 Å². The van der Waals surface area contributed by atoms with Crippen molar-refractivity contribution in [3.63, 3.8) is 0 Å². The number of hydrogen-bond donors (Lipinski definition) is 0. The molecule has 9 aromatic rings. The Hall–Kier alpha value is -4.24. The predicted octanol–water partition coefficient (Wildman–Crippen LogP) is 11.5. The van der Waals surface area contributed by atoms with E-state index in [1.807, 2.05) is 22.7 Å². The van der Waals surface area contributed by atoms with E-state index in [0.717, 1.165) is 0 Å². The van der Waals surface area contributed by atoms with Crippen molar-refractivity contribution in [1.29, 1.82) is 0 Å². The van der Waals surface area contributed by atoms with Crippen LogP contribution in [0.25, 0.3) is 83.8 Å². The lowest BCUT2D eigenvalue weighted by molar-refractivity contribution is 1.72. The molecule has 2 aromatic heterocycles. The van der Waals surface area contributed by atoms with Crippen molar-refractivity contribution >= 4 is 95.3 Å². The van der Waals surface area contributed by atoms with Gasteiger partial charge in [0.05, 0.1) is 0 Å². The summed E-state index contributed by atoms with van der Waals surface area (Å²) < 4.78 is 5.42. The standard InChI is InChI=1S/C36H20S2/c1-3-9-26-21(7-1)15-22-8-2-4-10-27(22)36(26)23-13-14-33-30(16-23)31-18-24-17-29-28-11-5-6-12-32(28)37-34(29)19-25(24)20-35(31)38-33/h1-20H. The maximum atomic E-state index is 2.42. The van der Waals surface area contributed by atoms with Gasteiger partial charge in [-0.15, -0.1) is 22.7 Å². The van der Waals surface area contributed by atoms with E-state index in [-0.39, 0.29) is 0 Å². The van der Waals surface area contributed by atoms with Crippen molar-refractivity contribution in [3.05, 3.63) is 121 Å². The van der Waals surface area contributed by atoms with Gasteiger partial charge in [0.2, 0.25) is 0 Å². The highest BCUT2D eigenvalue weighted by Gasteiger charge is 2.14. The van der Waals surface area contributed by atoms with E-state index >= 15 is 0 Å². The average molecular weight is 517 g/mol. The minimum absolute atomic E-state index is 1.28. The molecule has 0 saturated carbocycles. The second kappa shape index (κ2) is 7.64. The largest absolute Gasteiger partial charge is 0.135 e. The van der Waals surface area contributed by atoms with Gasteiger partial charge >= 0.3 is 0 Å². The summed E-state index contributed by atoms with van der Waals surface area (Å²) in [5.74, 6) is 0. The highest BCUT2D eigenvalue weighted by Crippen LogP contribution is 2.43. The van der Waals surface area contributed by atoms with E-state index in [0.29, 0.717) is 0 Å². The summed E-state index contributed by atoms with van der Waals surface area (Å²) in [6, 6.07) is 45.3. The number of thiophene rings is 2. The van der Waals surface area contributed by atoms with Gasteiger partial charge in [0.15, 0.2) is 0 Å². The Morgan fingerprint density at radius 3 is 1.55 bits per heavy atom. The molecule has 0 N–H and O–H groups in total. The lowest BCUT2D eigenvalue weighted by Crippen LogP contribution is -1.85. The highest BCUT2D eigenvalue weighted by molar-refractivity contribution is 7.26. The van der Waals surface area contributed by atoms with Crippen molar-refractivity contribution in [2.24, 2.45) is 0 Å². The Labute approximate surface area is 227 Å². The van der Waals surface area contributed by atoms with Crippen LogP contribution in [-0.2, 0) is 0 Å². The van der Waals surface area contributed by atoms with Crippen LogP contribution in [-0.4, -0.2) is 0 Å². The molecule has 0 spiro atoms. The predicted molar refractivity (Wildman–Crippen MR) is 170 cm³/mol. The number of benzene rings is 7. The van der Waals surface area contributed by atoms with Gasteiger partial charge in [0, 0.05) is 40.3 Å². The Balaban J connectivity index is 1.34. The molecule has 0 aliphatic carbocycles. The first-order chi connectivity index (χ1) is 18.8. The molecule has 0 aliphatic heterocycles. The first-order valence-electron chi connectivity index (χ1n) is 12.9. The highest BCUT2D eigenvalue weighted by atomic mass is 32.1. The maximum Gasteiger partial charge on any atom is 0.0361 e.